The molecule has 1 N–H and O–H groups in total. The molecule has 0 atom stereocenters. The fraction of sp³-hybridized carbons (Fsp3) is 0.394. The zero-order valence-electron chi connectivity index (χ0n) is 26.2. The highest BCUT2D eigenvalue weighted by atomic mass is 32.2. The van der Waals surface area contributed by atoms with Gasteiger partial charge in [-0.15, -0.1) is 0 Å². The van der Waals surface area contributed by atoms with Crippen molar-refractivity contribution in [2.75, 3.05) is 33.0 Å². The largest absolute Gasteiger partial charge is 0.497 e. The lowest BCUT2D eigenvalue weighted by Crippen LogP contribution is -2.55. The molecule has 1 fully saturated rings. The summed E-state index contributed by atoms with van der Waals surface area (Å²) in [7, 11) is 1.64. The number of likely N-dealkylation sites (tertiary alicyclic amines) is 1. The molecule has 0 aliphatic carbocycles. The van der Waals surface area contributed by atoms with Gasteiger partial charge in [-0.2, -0.15) is 0 Å². The minimum atomic E-state index is -0.570. The van der Waals surface area contributed by atoms with E-state index < -0.39 is 5.60 Å². The van der Waals surface area contributed by atoms with Gasteiger partial charge >= 0.3 is 6.09 Å². The molecule has 2 amide bonds. The van der Waals surface area contributed by atoms with Crippen LogP contribution in [-0.2, 0) is 16.7 Å². The van der Waals surface area contributed by atoms with Crippen molar-refractivity contribution in [3.8, 4) is 28.5 Å². The predicted octanol–water partition coefficient (Wildman–Crippen LogP) is 5.58. The maximum Gasteiger partial charge on any atom is 0.410 e. The van der Waals surface area contributed by atoms with Gasteiger partial charge in [0.25, 0.3) is 5.91 Å². The third-order valence-electron chi connectivity index (χ3n) is 8.26. The minimum Gasteiger partial charge on any atom is -0.497 e. The van der Waals surface area contributed by atoms with Crippen LogP contribution in [0.15, 0.2) is 60.1 Å². The number of aromatic amines is 1. The molecule has 2 aliphatic rings. The molecule has 0 radical (unpaired) electrons. The topological polar surface area (TPSA) is 126 Å². The van der Waals surface area contributed by atoms with Gasteiger partial charge in [0.1, 0.15) is 11.4 Å². The molecule has 2 aliphatic heterocycles. The first-order chi connectivity index (χ1) is 21.6. The zero-order valence-corrected chi connectivity index (χ0v) is 27.0. The molecule has 6 rings (SSSR count). The van der Waals surface area contributed by atoms with Crippen LogP contribution in [0.5, 0.6) is 5.75 Å². The third-order valence-corrected chi connectivity index (χ3v) is 8.84. The van der Waals surface area contributed by atoms with Crippen molar-refractivity contribution in [2.24, 2.45) is 0 Å². The summed E-state index contributed by atoms with van der Waals surface area (Å²) in [6, 6.07) is 11.5. The van der Waals surface area contributed by atoms with Crippen molar-refractivity contribution in [1.29, 1.82) is 0 Å². The number of thioether (sulfide) groups is 1. The van der Waals surface area contributed by atoms with Crippen LogP contribution in [-0.4, -0.2) is 85.3 Å². The number of carbonyl (C=O) groups is 2. The molecule has 1 saturated heterocycles. The van der Waals surface area contributed by atoms with Gasteiger partial charge in [-0.3, -0.25) is 4.79 Å². The summed E-state index contributed by atoms with van der Waals surface area (Å²) < 4.78 is 11.0. The Balaban J connectivity index is 1.33. The van der Waals surface area contributed by atoms with Gasteiger partial charge in [0, 0.05) is 55.9 Å². The summed E-state index contributed by atoms with van der Waals surface area (Å²) in [4.78, 5) is 52.2. The number of nitrogens with one attached hydrogen (secondary N) is 1. The van der Waals surface area contributed by atoms with Gasteiger partial charge in [-0.25, -0.2) is 24.7 Å². The average molecular weight is 628 g/mol. The highest BCUT2D eigenvalue weighted by Crippen LogP contribution is 2.43. The number of rotatable bonds is 6. The SMILES string of the molecule is COc1ccc(CN2CC3(CCN(C(=O)OC(C)(C)C)CC3)c3[nH]c(-c4ccnc(-c5cnc(SC)nc5)n4)cc3C2=O)cc1. The number of methoxy groups -OCH3 is 1. The van der Waals surface area contributed by atoms with Crippen LogP contribution in [0, 0.1) is 0 Å². The van der Waals surface area contributed by atoms with Crippen LogP contribution in [0.2, 0.25) is 0 Å². The summed E-state index contributed by atoms with van der Waals surface area (Å²) in [5.74, 6) is 1.22. The number of nitrogens with zero attached hydrogens (tertiary/aromatic N) is 6. The van der Waals surface area contributed by atoms with Crippen molar-refractivity contribution in [1.82, 2.24) is 34.7 Å². The second kappa shape index (κ2) is 12.2. The van der Waals surface area contributed by atoms with Crippen LogP contribution in [0.3, 0.4) is 0 Å². The maximum atomic E-state index is 14.0. The molecular formula is C33H37N7O4S. The van der Waals surface area contributed by atoms with Crippen molar-refractivity contribution in [3.05, 3.63) is 71.8 Å². The fourth-order valence-electron chi connectivity index (χ4n) is 5.98. The van der Waals surface area contributed by atoms with E-state index in [-0.39, 0.29) is 17.4 Å². The number of hydrogen-bond donors (Lipinski definition) is 1. The summed E-state index contributed by atoms with van der Waals surface area (Å²) in [6.07, 6.45) is 8.10. The maximum absolute atomic E-state index is 14.0. The third kappa shape index (κ3) is 6.37. The molecule has 1 spiro atoms. The van der Waals surface area contributed by atoms with Crippen molar-refractivity contribution >= 4 is 23.8 Å². The molecule has 4 aromatic rings. The first-order valence-corrected chi connectivity index (χ1v) is 16.1. The quantitative estimate of drug-likeness (QED) is 0.215. The van der Waals surface area contributed by atoms with Crippen LogP contribution >= 0.6 is 11.8 Å². The summed E-state index contributed by atoms with van der Waals surface area (Å²) in [5.41, 5.74) is 3.70. The molecule has 3 aromatic heterocycles. The van der Waals surface area contributed by atoms with Crippen LogP contribution in [0.4, 0.5) is 4.79 Å². The number of H-pyrrole nitrogens is 1. The van der Waals surface area contributed by atoms with Crippen molar-refractivity contribution in [2.45, 2.75) is 56.3 Å². The van der Waals surface area contributed by atoms with Crippen LogP contribution < -0.4 is 4.74 Å². The molecule has 12 heteroatoms. The molecular weight excluding hydrogens is 590 g/mol. The Bertz CT molecular complexity index is 1690. The molecule has 0 bridgehead atoms. The standard InChI is InChI=1S/C33H37N7O4S/c1-32(2,3)44-31(42)39-14-11-33(12-15-39)20-40(19-21-6-8-23(43-4)9-7-21)29(41)24-16-26(37-27(24)33)25-10-13-34-28(38-25)22-17-35-30(45-5)36-18-22/h6-10,13,16-18,37H,11-12,14-15,19-20H2,1-5H3. The minimum absolute atomic E-state index is 0.0427. The monoisotopic (exact) mass is 627 g/mol. The zero-order chi connectivity index (χ0) is 31.8. The Labute approximate surface area is 266 Å². The number of amides is 2. The Morgan fingerprint density at radius 2 is 1.78 bits per heavy atom. The second-order valence-electron chi connectivity index (χ2n) is 12.5. The molecule has 45 heavy (non-hydrogen) atoms. The van der Waals surface area contributed by atoms with Gasteiger partial charge in [-0.1, -0.05) is 23.9 Å². The number of fused-ring (bicyclic) bond motifs is 2. The van der Waals surface area contributed by atoms with E-state index in [4.69, 9.17) is 14.5 Å². The molecule has 0 saturated carbocycles. The van der Waals surface area contributed by atoms with E-state index in [1.165, 1.54) is 11.8 Å². The first kappa shape index (κ1) is 30.6. The van der Waals surface area contributed by atoms with E-state index in [9.17, 15) is 9.59 Å². The number of hydrogen-bond acceptors (Lipinski definition) is 9. The normalized spacial score (nSPS) is 16.1. The smallest absolute Gasteiger partial charge is 0.410 e. The van der Waals surface area contributed by atoms with Crippen molar-refractivity contribution < 1.29 is 19.1 Å². The molecule has 1 aromatic carbocycles. The number of aromatic nitrogens is 5. The first-order valence-electron chi connectivity index (χ1n) is 14.9. The lowest BCUT2D eigenvalue weighted by atomic mass is 9.72. The molecule has 234 valence electrons. The van der Waals surface area contributed by atoms with E-state index in [1.54, 1.807) is 30.6 Å². The Kier molecular flexibility index (Phi) is 8.25. The lowest BCUT2D eigenvalue weighted by Gasteiger charge is -2.47. The number of carbonyl (C=O) groups excluding carboxylic acids is 2. The molecule has 5 heterocycles. The second-order valence-corrected chi connectivity index (χ2v) is 13.2. The van der Waals surface area contributed by atoms with Crippen molar-refractivity contribution in [3.63, 3.8) is 0 Å². The summed E-state index contributed by atoms with van der Waals surface area (Å²) >= 11 is 1.47. The van der Waals surface area contributed by atoms with Gasteiger partial charge in [0.2, 0.25) is 0 Å². The highest BCUT2D eigenvalue weighted by Gasteiger charge is 2.47. The van der Waals surface area contributed by atoms with Gasteiger partial charge in [0.05, 0.1) is 29.6 Å². The average Bonchev–Trinajstić information content (AvgIpc) is 3.51. The van der Waals surface area contributed by atoms with Gasteiger partial charge < -0.3 is 24.3 Å². The predicted molar refractivity (Wildman–Crippen MR) is 171 cm³/mol. The van der Waals surface area contributed by atoms with Crippen LogP contribution in [0.25, 0.3) is 22.8 Å². The number of benzene rings is 1. The number of ether oxygens (including phenoxy) is 2. The van der Waals surface area contributed by atoms with E-state index >= 15 is 0 Å². The molecule has 11 nitrogen and oxygen atoms in total. The Hall–Kier alpha value is -4.45. The summed E-state index contributed by atoms with van der Waals surface area (Å²) in [6.45, 7) is 7.66. The van der Waals surface area contributed by atoms with E-state index in [0.717, 1.165) is 22.7 Å². The van der Waals surface area contributed by atoms with Gasteiger partial charge in [-0.05, 0) is 69.7 Å². The fourth-order valence-corrected chi connectivity index (χ4v) is 6.30. The Morgan fingerprint density at radius 3 is 2.42 bits per heavy atom. The lowest BCUT2D eigenvalue weighted by molar-refractivity contribution is 0.0120. The van der Waals surface area contributed by atoms with E-state index in [2.05, 4.69) is 19.9 Å². The van der Waals surface area contributed by atoms with Crippen LogP contribution in [0.1, 0.15) is 55.2 Å². The number of piperidine rings is 1. The molecule has 0 unspecified atom stereocenters. The Morgan fingerprint density at radius 1 is 1.07 bits per heavy atom. The van der Waals surface area contributed by atoms with Gasteiger partial charge in [0.15, 0.2) is 11.0 Å². The van der Waals surface area contributed by atoms with E-state index in [0.29, 0.717) is 66.8 Å². The summed E-state index contributed by atoms with van der Waals surface area (Å²) in [5, 5.41) is 0.674. The highest BCUT2D eigenvalue weighted by molar-refractivity contribution is 7.98. The van der Waals surface area contributed by atoms with E-state index in [1.807, 2.05) is 68.3 Å².